The van der Waals surface area contributed by atoms with Gasteiger partial charge in [0.05, 0.1) is 5.56 Å². The van der Waals surface area contributed by atoms with Gasteiger partial charge in [-0.1, -0.05) is 0 Å². The van der Waals surface area contributed by atoms with Crippen LogP contribution in [0.25, 0.3) is 6.08 Å². The topological polar surface area (TPSA) is 107 Å². The molecule has 1 aliphatic rings. The second-order valence-corrected chi connectivity index (χ2v) is 4.49. The summed E-state index contributed by atoms with van der Waals surface area (Å²) in [5.41, 5.74) is 0.409. The molecule has 1 heterocycles. The van der Waals surface area contributed by atoms with Gasteiger partial charge in [-0.05, 0) is 30.3 Å². The van der Waals surface area contributed by atoms with Gasteiger partial charge in [-0.2, -0.15) is 0 Å². The molecular weight excluding hydrogens is 276 g/mol. The maximum absolute atomic E-state index is 12.1. The van der Waals surface area contributed by atoms with Crippen LogP contribution in [0.1, 0.15) is 15.9 Å². The molecule has 0 spiro atoms. The number of phenols is 4. The van der Waals surface area contributed by atoms with Gasteiger partial charge in [0.25, 0.3) is 0 Å². The van der Waals surface area contributed by atoms with Gasteiger partial charge < -0.3 is 25.2 Å². The van der Waals surface area contributed by atoms with Crippen LogP contribution in [0.4, 0.5) is 0 Å². The molecule has 106 valence electrons. The number of ketones is 1. The Labute approximate surface area is 118 Å². The summed E-state index contributed by atoms with van der Waals surface area (Å²) in [7, 11) is 0. The highest BCUT2D eigenvalue weighted by molar-refractivity contribution is 6.14. The highest BCUT2D eigenvalue weighted by Crippen LogP contribution is 2.40. The molecule has 0 saturated carbocycles. The summed E-state index contributed by atoms with van der Waals surface area (Å²) in [6.45, 7) is 0. The lowest BCUT2D eigenvalue weighted by molar-refractivity contribution is 0.101. The van der Waals surface area contributed by atoms with Crippen molar-refractivity contribution in [1.29, 1.82) is 0 Å². The second kappa shape index (κ2) is 4.45. The predicted molar refractivity (Wildman–Crippen MR) is 72.5 cm³/mol. The SMILES string of the molecule is O=C1C(=Cc2ccc(O)c(O)c2O)Oc2cc(O)ccc21. The van der Waals surface area contributed by atoms with Crippen molar-refractivity contribution in [3.05, 3.63) is 47.2 Å². The number of carbonyl (C=O) groups excluding carboxylic acids is 1. The molecule has 2 aromatic carbocycles. The van der Waals surface area contributed by atoms with Crippen molar-refractivity contribution in [3.63, 3.8) is 0 Å². The minimum Gasteiger partial charge on any atom is -0.508 e. The number of ether oxygens (including phenoxy) is 1. The highest BCUT2D eigenvalue weighted by Gasteiger charge is 2.28. The van der Waals surface area contributed by atoms with Crippen LogP contribution in [0.2, 0.25) is 0 Å². The first-order valence-corrected chi connectivity index (χ1v) is 5.98. The normalized spacial score (nSPS) is 15.0. The van der Waals surface area contributed by atoms with Crippen molar-refractivity contribution in [1.82, 2.24) is 0 Å². The average molecular weight is 286 g/mol. The quantitative estimate of drug-likeness (QED) is 0.472. The molecule has 0 radical (unpaired) electrons. The molecule has 2 aromatic rings. The number of benzene rings is 2. The fourth-order valence-corrected chi connectivity index (χ4v) is 2.02. The van der Waals surface area contributed by atoms with E-state index in [1.165, 1.54) is 36.4 Å². The summed E-state index contributed by atoms with van der Waals surface area (Å²) in [6.07, 6.45) is 1.24. The molecule has 6 nitrogen and oxygen atoms in total. The van der Waals surface area contributed by atoms with E-state index in [0.717, 1.165) is 0 Å². The fraction of sp³-hybridized carbons (Fsp3) is 0. The van der Waals surface area contributed by atoms with Crippen molar-refractivity contribution in [2.45, 2.75) is 0 Å². The van der Waals surface area contributed by atoms with E-state index >= 15 is 0 Å². The third kappa shape index (κ3) is 2.02. The van der Waals surface area contributed by atoms with Crippen LogP contribution in [0, 0.1) is 0 Å². The first-order valence-electron chi connectivity index (χ1n) is 5.98. The molecule has 3 rings (SSSR count). The Balaban J connectivity index is 2.04. The molecule has 0 unspecified atom stereocenters. The van der Waals surface area contributed by atoms with E-state index in [0.29, 0.717) is 5.56 Å². The number of hydrogen-bond acceptors (Lipinski definition) is 6. The first-order chi connectivity index (χ1) is 9.97. The van der Waals surface area contributed by atoms with Crippen LogP contribution in [-0.4, -0.2) is 26.2 Å². The monoisotopic (exact) mass is 286 g/mol. The molecule has 0 saturated heterocycles. The van der Waals surface area contributed by atoms with E-state index in [1.807, 2.05) is 0 Å². The van der Waals surface area contributed by atoms with Crippen molar-refractivity contribution in [2.24, 2.45) is 0 Å². The third-order valence-electron chi connectivity index (χ3n) is 3.10. The molecule has 0 amide bonds. The third-order valence-corrected chi connectivity index (χ3v) is 3.10. The number of Topliss-reactive ketones (excluding diaryl/α,β-unsaturated/α-hetero) is 1. The van der Waals surface area contributed by atoms with Gasteiger partial charge in [0.2, 0.25) is 11.5 Å². The fourth-order valence-electron chi connectivity index (χ4n) is 2.02. The van der Waals surface area contributed by atoms with Gasteiger partial charge in [-0.3, -0.25) is 4.79 Å². The standard InChI is InChI=1S/C15H10O6/c16-8-2-3-9-11(6-8)21-12(14(9)19)5-7-1-4-10(17)15(20)13(7)18/h1-6,16-18,20H. The van der Waals surface area contributed by atoms with Gasteiger partial charge in [0.1, 0.15) is 11.5 Å². The number of allylic oxidation sites excluding steroid dienone is 1. The highest BCUT2D eigenvalue weighted by atomic mass is 16.5. The summed E-state index contributed by atoms with van der Waals surface area (Å²) >= 11 is 0. The van der Waals surface area contributed by atoms with Gasteiger partial charge in [0.15, 0.2) is 17.3 Å². The van der Waals surface area contributed by atoms with E-state index in [9.17, 15) is 25.2 Å². The van der Waals surface area contributed by atoms with Gasteiger partial charge in [0, 0.05) is 11.6 Å². The molecule has 6 heteroatoms. The zero-order valence-electron chi connectivity index (χ0n) is 10.6. The zero-order chi connectivity index (χ0) is 15.1. The minimum atomic E-state index is -0.676. The molecular formula is C15H10O6. The summed E-state index contributed by atoms with van der Waals surface area (Å²) < 4.78 is 5.33. The number of carbonyl (C=O) groups is 1. The maximum Gasteiger partial charge on any atom is 0.231 e. The number of fused-ring (bicyclic) bond motifs is 1. The van der Waals surface area contributed by atoms with Crippen molar-refractivity contribution >= 4 is 11.9 Å². The Bertz CT molecular complexity index is 791. The van der Waals surface area contributed by atoms with E-state index in [-0.39, 0.29) is 22.8 Å². The predicted octanol–water partition coefficient (Wildman–Crippen LogP) is 2.13. The Kier molecular flexibility index (Phi) is 2.72. The van der Waals surface area contributed by atoms with Gasteiger partial charge in [-0.15, -0.1) is 0 Å². The Morgan fingerprint density at radius 2 is 1.71 bits per heavy atom. The molecule has 0 aliphatic carbocycles. The lowest BCUT2D eigenvalue weighted by atomic mass is 10.1. The second-order valence-electron chi connectivity index (χ2n) is 4.49. The molecule has 0 bridgehead atoms. The smallest absolute Gasteiger partial charge is 0.231 e. The Morgan fingerprint density at radius 3 is 2.48 bits per heavy atom. The maximum atomic E-state index is 12.1. The van der Waals surface area contributed by atoms with Crippen molar-refractivity contribution in [2.75, 3.05) is 0 Å². The summed E-state index contributed by atoms with van der Waals surface area (Å²) in [5, 5.41) is 37.8. The largest absolute Gasteiger partial charge is 0.508 e. The van der Waals surface area contributed by atoms with Crippen LogP contribution in [0.15, 0.2) is 36.1 Å². The van der Waals surface area contributed by atoms with E-state index < -0.39 is 23.0 Å². The van der Waals surface area contributed by atoms with E-state index in [2.05, 4.69) is 0 Å². The van der Waals surface area contributed by atoms with E-state index in [4.69, 9.17) is 4.74 Å². The lowest BCUT2D eigenvalue weighted by Gasteiger charge is -2.04. The molecule has 0 atom stereocenters. The number of rotatable bonds is 1. The van der Waals surface area contributed by atoms with E-state index in [1.54, 1.807) is 0 Å². The number of aromatic hydroxyl groups is 4. The Morgan fingerprint density at radius 1 is 0.952 bits per heavy atom. The zero-order valence-corrected chi connectivity index (χ0v) is 10.6. The van der Waals surface area contributed by atoms with Crippen molar-refractivity contribution < 1.29 is 30.0 Å². The summed E-state index contributed by atoms with van der Waals surface area (Å²) in [6, 6.07) is 6.62. The summed E-state index contributed by atoms with van der Waals surface area (Å²) in [5.74, 6) is -1.99. The van der Waals surface area contributed by atoms with Crippen LogP contribution < -0.4 is 4.74 Å². The Hall–Kier alpha value is -3.15. The molecule has 1 aliphatic heterocycles. The molecule has 4 N–H and O–H groups in total. The van der Waals surface area contributed by atoms with Crippen LogP contribution in [0.3, 0.4) is 0 Å². The first kappa shape index (κ1) is 12.9. The average Bonchev–Trinajstić information content (AvgIpc) is 2.75. The van der Waals surface area contributed by atoms with Crippen molar-refractivity contribution in [3.8, 4) is 28.7 Å². The lowest BCUT2D eigenvalue weighted by Crippen LogP contribution is -1.98. The molecule has 21 heavy (non-hydrogen) atoms. The number of hydrogen-bond donors (Lipinski definition) is 4. The van der Waals surface area contributed by atoms with Gasteiger partial charge in [-0.25, -0.2) is 0 Å². The molecule has 0 aromatic heterocycles. The minimum absolute atomic E-state index is 0.0343. The molecule has 0 fully saturated rings. The number of phenolic OH excluding ortho intramolecular Hbond substituents is 4. The van der Waals surface area contributed by atoms with Gasteiger partial charge >= 0.3 is 0 Å². The van der Waals surface area contributed by atoms with Crippen LogP contribution in [0.5, 0.6) is 28.7 Å². The van der Waals surface area contributed by atoms with Crippen LogP contribution in [-0.2, 0) is 0 Å². The van der Waals surface area contributed by atoms with Crippen LogP contribution >= 0.6 is 0 Å². The summed E-state index contributed by atoms with van der Waals surface area (Å²) in [4.78, 5) is 12.1.